The Kier molecular flexibility index (Phi) is 1.62. The first-order valence-electron chi connectivity index (χ1n) is 3.37. The molecule has 0 aromatic heterocycles. The third-order valence-electron chi connectivity index (χ3n) is 1.98. The van der Waals surface area contributed by atoms with E-state index in [1.807, 2.05) is 0 Å². The lowest BCUT2D eigenvalue weighted by Crippen LogP contribution is -2.48. The fourth-order valence-electron chi connectivity index (χ4n) is 0.841. The Bertz CT molecular complexity index is 198. The van der Waals surface area contributed by atoms with Crippen molar-refractivity contribution in [3.63, 3.8) is 0 Å². The second-order valence-electron chi connectivity index (χ2n) is 3.21. The molecule has 0 aromatic carbocycles. The highest BCUT2D eigenvalue weighted by molar-refractivity contribution is 5.81. The lowest BCUT2D eigenvalue weighted by molar-refractivity contribution is -0.188. The molecule has 0 amide bonds. The Balaban J connectivity index is 2.60. The summed E-state index contributed by atoms with van der Waals surface area (Å²) >= 11 is 0. The first-order chi connectivity index (χ1) is 4.94. The number of carbonyl (C=O) groups is 2. The fraction of sp³-hybridized carbons (Fsp3) is 0.714. The number of carboxylic acid groups (broad SMARTS) is 1. The molecule has 1 unspecified atom stereocenters. The van der Waals surface area contributed by atoms with Crippen LogP contribution in [-0.4, -0.2) is 23.1 Å². The molecular formula is C7H10O4. The monoisotopic (exact) mass is 158 g/mol. The van der Waals surface area contributed by atoms with E-state index in [1.165, 1.54) is 0 Å². The van der Waals surface area contributed by atoms with Crippen LogP contribution in [0.4, 0.5) is 0 Å². The maximum absolute atomic E-state index is 10.6. The molecular weight excluding hydrogens is 148 g/mol. The predicted octanol–water partition coefficient (Wildman–Crippen LogP) is 0.413. The number of aliphatic carboxylic acids is 1. The third kappa shape index (κ3) is 1.20. The van der Waals surface area contributed by atoms with Gasteiger partial charge in [0.2, 0.25) is 0 Å². The van der Waals surface area contributed by atoms with Gasteiger partial charge < -0.3 is 9.84 Å². The number of hydrogen-bond acceptors (Lipinski definition) is 3. The van der Waals surface area contributed by atoms with E-state index in [-0.39, 0.29) is 12.4 Å². The van der Waals surface area contributed by atoms with Gasteiger partial charge in [-0.25, -0.2) is 0 Å². The van der Waals surface area contributed by atoms with Crippen molar-refractivity contribution in [2.24, 2.45) is 5.41 Å². The van der Waals surface area contributed by atoms with Crippen LogP contribution in [0.25, 0.3) is 0 Å². The summed E-state index contributed by atoms with van der Waals surface area (Å²) in [5.41, 5.74) is -0.950. The molecule has 1 saturated heterocycles. The topological polar surface area (TPSA) is 63.6 Å². The summed E-state index contributed by atoms with van der Waals surface area (Å²) in [6.45, 7) is 3.10. The summed E-state index contributed by atoms with van der Waals surface area (Å²) in [6, 6.07) is 0. The van der Waals surface area contributed by atoms with Gasteiger partial charge in [0.15, 0.2) is 0 Å². The second kappa shape index (κ2) is 2.22. The van der Waals surface area contributed by atoms with Crippen molar-refractivity contribution in [3.8, 4) is 0 Å². The molecule has 1 heterocycles. The molecule has 11 heavy (non-hydrogen) atoms. The SMILES string of the molecule is CC(C)(C(=O)O)C1CC(=O)O1. The van der Waals surface area contributed by atoms with Gasteiger partial charge in [-0.1, -0.05) is 0 Å². The Hall–Kier alpha value is -1.06. The van der Waals surface area contributed by atoms with Crippen molar-refractivity contribution in [2.75, 3.05) is 0 Å². The summed E-state index contributed by atoms with van der Waals surface area (Å²) in [5, 5.41) is 8.67. The molecule has 1 fully saturated rings. The van der Waals surface area contributed by atoms with E-state index in [9.17, 15) is 9.59 Å². The van der Waals surface area contributed by atoms with Crippen LogP contribution in [0.5, 0.6) is 0 Å². The summed E-state index contributed by atoms with van der Waals surface area (Å²) < 4.78 is 4.65. The van der Waals surface area contributed by atoms with Crippen molar-refractivity contribution < 1.29 is 19.4 Å². The minimum Gasteiger partial charge on any atom is -0.481 e. The molecule has 0 spiro atoms. The van der Waals surface area contributed by atoms with Crippen molar-refractivity contribution in [1.29, 1.82) is 0 Å². The molecule has 0 aromatic rings. The highest BCUT2D eigenvalue weighted by Gasteiger charge is 2.46. The van der Waals surface area contributed by atoms with E-state index in [1.54, 1.807) is 13.8 Å². The maximum atomic E-state index is 10.6. The lowest BCUT2D eigenvalue weighted by Gasteiger charge is -2.35. The Morgan fingerprint density at radius 2 is 2.18 bits per heavy atom. The molecule has 62 valence electrons. The van der Waals surface area contributed by atoms with Crippen molar-refractivity contribution in [1.82, 2.24) is 0 Å². The van der Waals surface area contributed by atoms with E-state index >= 15 is 0 Å². The Labute approximate surface area is 64.2 Å². The summed E-state index contributed by atoms with van der Waals surface area (Å²) in [7, 11) is 0. The van der Waals surface area contributed by atoms with Gasteiger partial charge in [0.05, 0.1) is 11.8 Å². The number of hydrogen-bond donors (Lipinski definition) is 1. The van der Waals surface area contributed by atoms with Gasteiger partial charge in [0, 0.05) is 0 Å². The molecule has 1 aliphatic rings. The number of carboxylic acids is 1. The van der Waals surface area contributed by atoms with Crippen LogP contribution in [0.3, 0.4) is 0 Å². The van der Waals surface area contributed by atoms with Gasteiger partial charge in [0.1, 0.15) is 6.10 Å². The quantitative estimate of drug-likeness (QED) is 0.591. The molecule has 4 nitrogen and oxygen atoms in total. The molecule has 4 heteroatoms. The van der Waals surface area contributed by atoms with Crippen LogP contribution in [0.2, 0.25) is 0 Å². The molecule has 1 N–H and O–H groups in total. The third-order valence-corrected chi connectivity index (χ3v) is 1.98. The van der Waals surface area contributed by atoms with Crippen LogP contribution < -0.4 is 0 Å². The smallest absolute Gasteiger partial charge is 0.312 e. The Morgan fingerprint density at radius 1 is 1.73 bits per heavy atom. The lowest BCUT2D eigenvalue weighted by atomic mass is 9.82. The summed E-state index contributed by atoms with van der Waals surface area (Å²) in [5.74, 6) is -1.25. The molecule has 1 rings (SSSR count). The number of ether oxygens (including phenoxy) is 1. The number of rotatable bonds is 2. The fourth-order valence-corrected chi connectivity index (χ4v) is 0.841. The maximum Gasteiger partial charge on any atom is 0.312 e. The first-order valence-corrected chi connectivity index (χ1v) is 3.37. The van der Waals surface area contributed by atoms with Gasteiger partial charge in [-0.15, -0.1) is 0 Å². The predicted molar refractivity (Wildman–Crippen MR) is 35.9 cm³/mol. The molecule has 0 radical (unpaired) electrons. The van der Waals surface area contributed by atoms with Gasteiger partial charge in [0.25, 0.3) is 0 Å². The average molecular weight is 158 g/mol. The van der Waals surface area contributed by atoms with Crippen LogP contribution in [0.15, 0.2) is 0 Å². The van der Waals surface area contributed by atoms with E-state index < -0.39 is 17.5 Å². The number of cyclic esters (lactones) is 1. The van der Waals surface area contributed by atoms with E-state index in [0.717, 1.165) is 0 Å². The van der Waals surface area contributed by atoms with Crippen molar-refractivity contribution in [2.45, 2.75) is 26.4 Å². The molecule has 0 bridgehead atoms. The molecule has 1 aliphatic heterocycles. The first kappa shape index (κ1) is 8.04. The normalized spacial score (nSPS) is 23.8. The van der Waals surface area contributed by atoms with Crippen molar-refractivity contribution in [3.05, 3.63) is 0 Å². The standard InChI is InChI=1S/C7H10O4/c1-7(2,6(9)10)4-3-5(8)11-4/h4H,3H2,1-2H3,(H,9,10). The van der Waals surface area contributed by atoms with Gasteiger partial charge >= 0.3 is 11.9 Å². The van der Waals surface area contributed by atoms with E-state index in [2.05, 4.69) is 4.74 Å². The second-order valence-corrected chi connectivity index (χ2v) is 3.21. The summed E-state index contributed by atoms with van der Waals surface area (Å²) in [6.07, 6.45) is -0.230. The highest BCUT2D eigenvalue weighted by atomic mass is 16.6. The van der Waals surface area contributed by atoms with Gasteiger partial charge in [-0.2, -0.15) is 0 Å². The van der Waals surface area contributed by atoms with E-state index in [0.29, 0.717) is 0 Å². The highest BCUT2D eigenvalue weighted by Crippen LogP contribution is 2.32. The average Bonchev–Trinajstić information content (AvgIpc) is 1.80. The van der Waals surface area contributed by atoms with Crippen LogP contribution >= 0.6 is 0 Å². The van der Waals surface area contributed by atoms with Crippen molar-refractivity contribution >= 4 is 11.9 Å². The van der Waals surface area contributed by atoms with Crippen LogP contribution in [0, 0.1) is 5.41 Å². The van der Waals surface area contributed by atoms with Crippen LogP contribution in [-0.2, 0) is 14.3 Å². The largest absolute Gasteiger partial charge is 0.481 e. The molecule has 1 atom stereocenters. The Morgan fingerprint density at radius 3 is 2.45 bits per heavy atom. The van der Waals surface area contributed by atoms with E-state index in [4.69, 9.17) is 5.11 Å². The van der Waals surface area contributed by atoms with Gasteiger partial charge in [-0.05, 0) is 13.8 Å². The zero-order chi connectivity index (χ0) is 8.65. The van der Waals surface area contributed by atoms with Crippen LogP contribution in [0.1, 0.15) is 20.3 Å². The number of esters is 1. The minimum absolute atomic E-state index is 0.222. The minimum atomic E-state index is -0.950. The zero-order valence-electron chi connectivity index (χ0n) is 6.46. The summed E-state index contributed by atoms with van der Waals surface area (Å²) in [4.78, 5) is 20.9. The molecule has 0 aliphatic carbocycles. The van der Waals surface area contributed by atoms with Gasteiger partial charge in [-0.3, -0.25) is 9.59 Å². The molecule has 0 saturated carbocycles. The zero-order valence-corrected chi connectivity index (χ0v) is 6.46. The number of carbonyl (C=O) groups excluding carboxylic acids is 1.